The van der Waals surface area contributed by atoms with E-state index in [-0.39, 0.29) is 5.92 Å². The molecule has 194 valence electrons. The van der Waals surface area contributed by atoms with Crippen LogP contribution in [-0.2, 0) is 4.74 Å². The highest BCUT2D eigenvalue weighted by atomic mass is 19.4. The minimum absolute atomic E-state index is 0.137. The predicted octanol–water partition coefficient (Wildman–Crippen LogP) is 5.09. The summed E-state index contributed by atoms with van der Waals surface area (Å²) in [5.41, 5.74) is 4.81. The van der Waals surface area contributed by atoms with E-state index in [0.29, 0.717) is 30.4 Å². The molecule has 0 N–H and O–H groups in total. The third kappa shape index (κ3) is 5.08. The zero-order valence-electron chi connectivity index (χ0n) is 21.0. The van der Waals surface area contributed by atoms with Crippen LogP contribution < -0.4 is 9.64 Å². The van der Waals surface area contributed by atoms with Gasteiger partial charge in [-0.15, -0.1) is 0 Å². The summed E-state index contributed by atoms with van der Waals surface area (Å²) in [5, 5.41) is 5.50. The Hall–Kier alpha value is -3.73. The average Bonchev–Trinajstić information content (AvgIpc) is 3.27. The number of aromatic nitrogens is 5. The molecule has 0 amide bonds. The van der Waals surface area contributed by atoms with Gasteiger partial charge in [-0.3, -0.25) is 9.97 Å². The molecule has 0 spiro atoms. The van der Waals surface area contributed by atoms with Crippen molar-refractivity contribution in [3.63, 3.8) is 0 Å². The van der Waals surface area contributed by atoms with Crippen molar-refractivity contribution in [2.75, 3.05) is 31.7 Å². The fraction of sp³-hybridized carbons (Fsp3) is 0.385. The van der Waals surface area contributed by atoms with Gasteiger partial charge in [-0.05, 0) is 31.0 Å². The van der Waals surface area contributed by atoms with E-state index in [2.05, 4.69) is 10.1 Å². The van der Waals surface area contributed by atoms with Crippen molar-refractivity contribution in [3.8, 4) is 22.8 Å². The maximum Gasteiger partial charge on any atom is 0.411 e. The van der Waals surface area contributed by atoms with E-state index < -0.39 is 18.9 Å². The quantitative estimate of drug-likeness (QED) is 0.342. The molecule has 1 saturated heterocycles. The number of hydrogen-bond donors (Lipinski definition) is 0. The molecule has 4 aromatic heterocycles. The third-order valence-corrected chi connectivity index (χ3v) is 6.36. The Labute approximate surface area is 212 Å². The molecule has 1 aliphatic rings. The summed E-state index contributed by atoms with van der Waals surface area (Å²) in [7, 11) is 1.60. The molecule has 11 heteroatoms. The van der Waals surface area contributed by atoms with Crippen molar-refractivity contribution in [2.24, 2.45) is 0 Å². The van der Waals surface area contributed by atoms with E-state index in [1.165, 1.54) is 0 Å². The second kappa shape index (κ2) is 9.62. The summed E-state index contributed by atoms with van der Waals surface area (Å²) in [4.78, 5) is 15.8. The molecular weight excluding hydrogens is 485 g/mol. The number of rotatable bonds is 7. The first-order chi connectivity index (χ1) is 17.6. The van der Waals surface area contributed by atoms with Gasteiger partial charge in [0.25, 0.3) is 0 Å². The number of pyridine rings is 3. The lowest BCUT2D eigenvalue weighted by Gasteiger charge is -2.41. The van der Waals surface area contributed by atoms with Gasteiger partial charge in [0.15, 0.2) is 5.82 Å². The van der Waals surface area contributed by atoms with Crippen LogP contribution in [0.3, 0.4) is 0 Å². The zero-order valence-corrected chi connectivity index (χ0v) is 21.0. The molecule has 37 heavy (non-hydrogen) atoms. The Balaban J connectivity index is 1.52. The highest BCUT2D eigenvalue weighted by molar-refractivity contribution is 5.86. The summed E-state index contributed by atoms with van der Waals surface area (Å²) in [6, 6.07) is 7.59. The van der Waals surface area contributed by atoms with Gasteiger partial charge < -0.3 is 14.4 Å². The molecule has 0 unspecified atom stereocenters. The van der Waals surface area contributed by atoms with Gasteiger partial charge >= 0.3 is 6.18 Å². The molecule has 0 saturated carbocycles. The van der Waals surface area contributed by atoms with E-state index in [9.17, 15) is 13.2 Å². The third-order valence-electron chi connectivity index (χ3n) is 6.36. The second-order valence-electron chi connectivity index (χ2n) is 9.37. The maximum atomic E-state index is 12.5. The van der Waals surface area contributed by atoms with Crippen LogP contribution in [0.25, 0.3) is 28.0 Å². The molecule has 0 atom stereocenters. The molecule has 4 aromatic rings. The van der Waals surface area contributed by atoms with Crippen LogP contribution in [0, 0.1) is 6.92 Å². The molecule has 5 heterocycles. The lowest BCUT2D eigenvalue weighted by molar-refractivity contribution is -0.187. The fourth-order valence-corrected chi connectivity index (χ4v) is 4.33. The molecule has 1 aliphatic heterocycles. The molecule has 5 rings (SSSR count). The number of nitrogens with zero attached hydrogens (tertiary/aromatic N) is 6. The SMILES string of the molecule is COc1ccncc1-c1cc2c(cnn2-c2cc(N3CC(OCC(F)(F)F)C3)cc(C(C)C)n2)c(C)n1. The second-order valence-corrected chi connectivity index (χ2v) is 9.37. The first-order valence-electron chi connectivity index (χ1n) is 11.9. The molecule has 0 aliphatic carbocycles. The first-order valence-corrected chi connectivity index (χ1v) is 11.9. The summed E-state index contributed by atoms with van der Waals surface area (Å²) in [6.45, 7) is 5.54. The Morgan fingerprint density at radius 1 is 1.11 bits per heavy atom. The standard InChI is InChI=1S/C26H27F3N6O2/c1-15(2)21-7-17(34-12-18(13-34)37-14-26(27,28)29)8-25(33-21)35-23-9-22(32-16(3)19(23)11-31-35)20-10-30-6-5-24(20)36-4/h5-11,15,18H,12-14H2,1-4H3. The van der Waals surface area contributed by atoms with E-state index >= 15 is 0 Å². The number of aryl methyl sites for hydroxylation is 1. The Bertz CT molecular complexity index is 1430. The normalized spacial score (nSPS) is 14.4. The minimum atomic E-state index is -4.33. The van der Waals surface area contributed by atoms with E-state index in [1.54, 1.807) is 36.4 Å². The van der Waals surface area contributed by atoms with Gasteiger partial charge in [-0.25, -0.2) is 9.67 Å². The highest BCUT2D eigenvalue weighted by Crippen LogP contribution is 2.33. The summed E-state index contributed by atoms with van der Waals surface area (Å²) >= 11 is 0. The number of halogens is 3. The Morgan fingerprint density at radius 2 is 1.89 bits per heavy atom. The number of fused-ring (bicyclic) bond motifs is 1. The largest absolute Gasteiger partial charge is 0.496 e. The van der Waals surface area contributed by atoms with Gasteiger partial charge in [0.2, 0.25) is 0 Å². The van der Waals surface area contributed by atoms with Crippen LogP contribution in [0.2, 0.25) is 0 Å². The monoisotopic (exact) mass is 512 g/mol. The van der Waals surface area contributed by atoms with Crippen molar-refractivity contribution in [1.29, 1.82) is 0 Å². The van der Waals surface area contributed by atoms with Crippen molar-refractivity contribution in [3.05, 3.63) is 54.2 Å². The van der Waals surface area contributed by atoms with Crippen molar-refractivity contribution >= 4 is 16.6 Å². The van der Waals surface area contributed by atoms with Crippen LogP contribution in [0.1, 0.15) is 31.2 Å². The maximum absolute atomic E-state index is 12.5. The zero-order chi connectivity index (χ0) is 26.3. The molecule has 0 radical (unpaired) electrons. The molecule has 8 nitrogen and oxygen atoms in total. The summed E-state index contributed by atoms with van der Waals surface area (Å²) in [6.07, 6.45) is 0.342. The van der Waals surface area contributed by atoms with Crippen molar-refractivity contribution in [1.82, 2.24) is 24.7 Å². The Morgan fingerprint density at radius 3 is 2.59 bits per heavy atom. The lowest BCUT2D eigenvalue weighted by atomic mass is 10.1. The van der Waals surface area contributed by atoms with Crippen LogP contribution in [0.4, 0.5) is 18.9 Å². The smallest absolute Gasteiger partial charge is 0.411 e. The summed E-state index contributed by atoms with van der Waals surface area (Å²) in [5.74, 6) is 1.41. The van der Waals surface area contributed by atoms with Crippen LogP contribution in [-0.4, -0.2) is 63.8 Å². The lowest BCUT2D eigenvalue weighted by Crippen LogP contribution is -2.53. The van der Waals surface area contributed by atoms with Crippen molar-refractivity contribution < 1.29 is 22.6 Å². The van der Waals surface area contributed by atoms with Gasteiger partial charge in [0.1, 0.15) is 12.4 Å². The minimum Gasteiger partial charge on any atom is -0.496 e. The Kier molecular flexibility index (Phi) is 6.49. The molecule has 1 fully saturated rings. The molecule has 0 aromatic carbocycles. The van der Waals surface area contributed by atoms with Gasteiger partial charge in [0, 0.05) is 54.0 Å². The topological polar surface area (TPSA) is 78.2 Å². The van der Waals surface area contributed by atoms with Gasteiger partial charge in [0.05, 0.1) is 36.2 Å². The van der Waals surface area contributed by atoms with Crippen LogP contribution >= 0.6 is 0 Å². The molecular formula is C26H27F3N6O2. The number of ether oxygens (including phenoxy) is 2. The van der Waals surface area contributed by atoms with Crippen molar-refractivity contribution in [2.45, 2.75) is 39.0 Å². The summed E-state index contributed by atoms with van der Waals surface area (Å²) < 4.78 is 49.8. The highest BCUT2D eigenvalue weighted by Gasteiger charge is 2.34. The first kappa shape index (κ1) is 24.9. The predicted molar refractivity (Wildman–Crippen MR) is 133 cm³/mol. The van der Waals surface area contributed by atoms with E-state index in [4.69, 9.17) is 19.4 Å². The van der Waals surface area contributed by atoms with Gasteiger partial charge in [-0.1, -0.05) is 13.8 Å². The van der Waals surface area contributed by atoms with E-state index in [0.717, 1.165) is 33.5 Å². The number of anilines is 1. The number of methoxy groups -OCH3 is 1. The number of hydrogen-bond acceptors (Lipinski definition) is 7. The number of alkyl halides is 3. The average molecular weight is 513 g/mol. The van der Waals surface area contributed by atoms with Crippen LogP contribution in [0.5, 0.6) is 5.75 Å². The van der Waals surface area contributed by atoms with Gasteiger partial charge in [-0.2, -0.15) is 18.3 Å². The van der Waals surface area contributed by atoms with Crippen LogP contribution in [0.15, 0.2) is 42.9 Å². The fourth-order valence-electron chi connectivity index (χ4n) is 4.33. The van der Waals surface area contributed by atoms with E-state index in [1.807, 2.05) is 43.9 Å². The molecule has 0 bridgehead atoms.